The van der Waals surface area contributed by atoms with Gasteiger partial charge in [0.25, 0.3) is 0 Å². The first-order chi connectivity index (χ1) is 15.7. The fraction of sp³-hybridized carbons (Fsp3) is 0.231. The van der Waals surface area contributed by atoms with Crippen molar-refractivity contribution in [3.8, 4) is 11.1 Å². The van der Waals surface area contributed by atoms with E-state index in [-0.39, 0.29) is 24.2 Å². The molecule has 0 saturated carbocycles. The molecule has 0 radical (unpaired) electrons. The molecule has 0 N–H and O–H groups in total. The van der Waals surface area contributed by atoms with Gasteiger partial charge in [-0.3, -0.25) is 9.69 Å². The number of ether oxygens (including phenoxy) is 1. The average Bonchev–Trinajstić information content (AvgIpc) is 3.49. The highest BCUT2D eigenvalue weighted by molar-refractivity contribution is 7.22. The first-order valence-electron chi connectivity index (χ1n) is 10.8. The van der Waals surface area contributed by atoms with Crippen LogP contribution in [0.1, 0.15) is 18.4 Å². The fourth-order valence-electron chi connectivity index (χ4n) is 4.01. The first kappa shape index (κ1) is 20.8. The van der Waals surface area contributed by atoms with Crippen molar-refractivity contribution in [2.75, 3.05) is 18.1 Å². The number of nitrogens with zero attached hydrogens (tertiary/aromatic N) is 2. The molecule has 5 rings (SSSR count). The van der Waals surface area contributed by atoms with Crippen LogP contribution in [0.4, 0.5) is 9.52 Å². The number of hydrogen-bond acceptors (Lipinski definition) is 4. The van der Waals surface area contributed by atoms with Gasteiger partial charge in [0.1, 0.15) is 11.3 Å². The lowest BCUT2D eigenvalue weighted by Gasteiger charge is -2.23. The number of aromatic nitrogens is 1. The molecule has 1 unspecified atom stereocenters. The Labute approximate surface area is 190 Å². The smallest absolute Gasteiger partial charge is 0.233 e. The molecule has 1 aromatic heterocycles. The van der Waals surface area contributed by atoms with Crippen molar-refractivity contribution < 1.29 is 13.9 Å². The zero-order valence-corrected chi connectivity index (χ0v) is 18.4. The SMILES string of the molecule is O=C(Cc1ccc(-c2ccccc2)cc1)N(CC1CCCO1)c1nc2c(F)cccc2s1. The third kappa shape index (κ3) is 4.42. The van der Waals surface area contributed by atoms with E-state index < -0.39 is 0 Å². The lowest BCUT2D eigenvalue weighted by Crippen LogP contribution is -2.38. The predicted molar refractivity (Wildman–Crippen MR) is 126 cm³/mol. The van der Waals surface area contributed by atoms with Gasteiger partial charge in [0, 0.05) is 6.61 Å². The molecule has 0 spiro atoms. The fourth-order valence-corrected chi connectivity index (χ4v) is 5.02. The van der Waals surface area contributed by atoms with Gasteiger partial charge in [0.15, 0.2) is 5.13 Å². The molecule has 6 heteroatoms. The molecule has 0 aliphatic carbocycles. The van der Waals surface area contributed by atoms with Gasteiger partial charge in [-0.1, -0.05) is 72.0 Å². The van der Waals surface area contributed by atoms with Crippen LogP contribution >= 0.6 is 11.3 Å². The normalized spacial score (nSPS) is 15.8. The third-order valence-corrected chi connectivity index (χ3v) is 6.76. The third-order valence-electron chi connectivity index (χ3n) is 5.72. The number of rotatable bonds is 6. The molecule has 1 fully saturated rings. The summed E-state index contributed by atoms with van der Waals surface area (Å²) in [6, 6.07) is 23.1. The van der Waals surface area contributed by atoms with Crippen LogP contribution in [0, 0.1) is 5.82 Å². The summed E-state index contributed by atoms with van der Waals surface area (Å²) >= 11 is 1.34. The maximum absolute atomic E-state index is 14.2. The number of fused-ring (bicyclic) bond motifs is 1. The molecule has 1 aliphatic heterocycles. The quantitative estimate of drug-likeness (QED) is 0.373. The zero-order valence-electron chi connectivity index (χ0n) is 17.5. The Morgan fingerprint density at radius 2 is 1.81 bits per heavy atom. The van der Waals surface area contributed by atoms with Gasteiger partial charge in [-0.05, 0) is 41.7 Å². The lowest BCUT2D eigenvalue weighted by molar-refractivity contribution is -0.118. The summed E-state index contributed by atoms with van der Waals surface area (Å²) in [6.45, 7) is 1.14. The van der Waals surface area contributed by atoms with E-state index in [1.165, 1.54) is 17.4 Å². The summed E-state index contributed by atoms with van der Waals surface area (Å²) in [5.74, 6) is -0.432. The van der Waals surface area contributed by atoms with Crippen molar-refractivity contribution in [1.29, 1.82) is 0 Å². The van der Waals surface area contributed by atoms with Gasteiger partial charge < -0.3 is 4.74 Å². The maximum Gasteiger partial charge on any atom is 0.233 e. The molecule has 32 heavy (non-hydrogen) atoms. The number of benzene rings is 3. The van der Waals surface area contributed by atoms with Crippen LogP contribution in [0.2, 0.25) is 0 Å². The number of hydrogen-bond donors (Lipinski definition) is 0. The van der Waals surface area contributed by atoms with Gasteiger partial charge >= 0.3 is 0 Å². The summed E-state index contributed by atoms with van der Waals surface area (Å²) in [7, 11) is 0. The Bertz CT molecular complexity index is 1220. The Balaban J connectivity index is 1.39. The van der Waals surface area contributed by atoms with Crippen molar-refractivity contribution in [2.24, 2.45) is 0 Å². The van der Waals surface area contributed by atoms with E-state index in [9.17, 15) is 9.18 Å². The minimum absolute atomic E-state index is 0.0173. The van der Waals surface area contributed by atoms with Gasteiger partial charge in [-0.25, -0.2) is 9.37 Å². The predicted octanol–water partition coefficient (Wildman–Crippen LogP) is 5.86. The average molecular weight is 447 g/mol. The van der Waals surface area contributed by atoms with Gasteiger partial charge in [-0.15, -0.1) is 0 Å². The van der Waals surface area contributed by atoms with Crippen LogP contribution < -0.4 is 4.90 Å². The van der Waals surface area contributed by atoms with Crippen molar-refractivity contribution in [2.45, 2.75) is 25.4 Å². The van der Waals surface area contributed by atoms with Crippen LogP contribution in [0.25, 0.3) is 21.3 Å². The molecule has 4 nitrogen and oxygen atoms in total. The van der Waals surface area contributed by atoms with Gasteiger partial charge in [0.05, 0.1) is 23.8 Å². The number of amides is 1. The van der Waals surface area contributed by atoms with Crippen LogP contribution in [-0.2, 0) is 16.0 Å². The standard InChI is InChI=1S/C26H23FN2O2S/c27-22-9-4-10-23-25(22)28-26(32-23)29(17-21-8-5-15-31-21)24(30)16-18-11-13-20(14-12-18)19-6-2-1-3-7-19/h1-4,6-7,9-14,21H,5,8,15-17H2. The van der Waals surface area contributed by atoms with E-state index in [0.29, 0.717) is 23.8 Å². The van der Waals surface area contributed by atoms with Crippen molar-refractivity contribution in [1.82, 2.24) is 4.98 Å². The van der Waals surface area contributed by atoms with Crippen molar-refractivity contribution in [3.05, 3.63) is 84.2 Å². The minimum Gasteiger partial charge on any atom is -0.376 e. The number of anilines is 1. The van der Waals surface area contributed by atoms with E-state index >= 15 is 0 Å². The van der Waals surface area contributed by atoms with E-state index in [1.54, 1.807) is 11.0 Å². The summed E-state index contributed by atoms with van der Waals surface area (Å²) in [6.07, 6.45) is 2.13. The topological polar surface area (TPSA) is 42.4 Å². The molecule has 4 aromatic rings. The van der Waals surface area contributed by atoms with Crippen LogP contribution in [0.3, 0.4) is 0 Å². The monoisotopic (exact) mass is 446 g/mol. The number of carbonyl (C=O) groups excluding carboxylic acids is 1. The van der Waals surface area contributed by atoms with Gasteiger partial charge in [-0.2, -0.15) is 0 Å². The highest BCUT2D eigenvalue weighted by Crippen LogP contribution is 2.31. The molecule has 0 bridgehead atoms. The zero-order chi connectivity index (χ0) is 21.9. The Morgan fingerprint density at radius 1 is 1.03 bits per heavy atom. The van der Waals surface area contributed by atoms with Crippen molar-refractivity contribution >= 4 is 32.6 Å². The summed E-state index contributed by atoms with van der Waals surface area (Å²) in [5.41, 5.74) is 3.49. The molecule has 2 heterocycles. The maximum atomic E-state index is 14.2. The first-order valence-corrected chi connectivity index (χ1v) is 11.6. The number of carbonyl (C=O) groups is 1. The summed E-state index contributed by atoms with van der Waals surface area (Å²) in [4.78, 5) is 19.5. The van der Waals surface area contributed by atoms with E-state index in [0.717, 1.165) is 34.2 Å². The lowest BCUT2D eigenvalue weighted by atomic mass is 10.0. The molecule has 1 saturated heterocycles. The Kier molecular flexibility index (Phi) is 5.97. The molecule has 1 atom stereocenters. The molecular formula is C26H23FN2O2S. The highest BCUT2D eigenvalue weighted by Gasteiger charge is 2.26. The van der Waals surface area contributed by atoms with Crippen molar-refractivity contribution in [3.63, 3.8) is 0 Å². The van der Waals surface area contributed by atoms with E-state index in [4.69, 9.17) is 4.74 Å². The van der Waals surface area contributed by atoms with Crippen LogP contribution in [0.5, 0.6) is 0 Å². The highest BCUT2D eigenvalue weighted by atomic mass is 32.1. The molecule has 1 aliphatic rings. The molecule has 162 valence electrons. The van der Waals surface area contributed by atoms with E-state index in [1.807, 2.05) is 48.5 Å². The second-order valence-electron chi connectivity index (χ2n) is 7.96. The van der Waals surface area contributed by atoms with E-state index in [2.05, 4.69) is 17.1 Å². The largest absolute Gasteiger partial charge is 0.376 e. The van der Waals surface area contributed by atoms with Crippen LogP contribution in [0.15, 0.2) is 72.8 Å². The Morgan fingerprint density at radius 3 is 2.53 bits per heavy atom. The van der Waals surface area contributed by atoms with Crippen LogP contribution in [-0.4, -0.2) is 30.1 Å². The second kappa shape index (κ2) is 9.18. The molecule has 1 amide bonds. The molecule has 3 aromatic carbocycles. The summed E-state index contributed by atoms with van der Waals surface area (Å²) in [5, 5.41) is 0.520. The Hall–Kier alpha value is -3.09. The summed E-state index contributed by atoms with van der Waals surface area (Å²) < 4.78 is 20.7. The minimum atomic E-state index is -0.369. The number of thiazole rings is 1. The second-order valence-corrected chi connectivity index (χ2v) is 8.97. The number of para-hydroxylation sites is 1. The van der Waals surface area contributed by atoms with Gasteiger partial charge in [0.2, 0.25) is 5.91 Å². The number of halogens is 1. The molecular weight excluding hydrogens is 423 g/mol.